The van der Waals surface area contributed by atoms with Crippen LogP contribution in [0.2, 0.25) is 0 Å². The molecule has 1 aliphatic rings. The number of amides is 1. The number of carbonyl (C=O) groups is 1. The Morgan fingerprint density at radius 2 is 2.00 bits per heavy atom. The van der Waals surface area contributed by atoms with E-state index in [1.54, 1.807) is 0 Å². The van der Waals surface area contributed by atoms with Gasteiger partial charge in [0.25, 0.3) is 0 Å². The lowest BCUT2D eigenvalue weighted by atomic mass is 9.99. The van der Waals surface area contributed by atoms with Gasteiger partial charge >= 0.3 is 0 Å². The van der Waals surface area contributed by atoms with Crippen molar-refractivity contribution in [3.05, 3.63) is 0 Å². The van der Waals surface area contributed by atoms with Crippen LogP contribution < -0.4 is 10.6 Å². The standard InChI is InChI=1S/C15H30N2O3/c1-4-12(5-8-18)17-15(19)14(11(2)3)16-13-6-9-20-10-7-13/h11-14,16,18H,4-10H2,1-3H3,(H,17,19). The molecule has 20 heavy (non-hydrogen) atoms. The maximum Gasteiger partial charge on any atom is 0.237 e. The number of hydrogen-bond acceptors (Lipinski definition) is 4. The van der Waals surface area contributed by atoms with E-state index >= 15 is 0 Å². The Hall–Kier alpha value is -0.650. The van der Waals surface area contributed by atoms with Gasteiger partial charge in [0.2, 0.25) is 5.91 Å². The van der Waals surface area contributed by atoms with E-state index in [2.05, 4.69) is 24.5 Å². The van der Waals surface area contributed by atoms with Crippen molar-refractivity contribution >= 4 is 5.91 Å². The molecule has 1 amide bonds. The molecule has 1 heterocycles. The van der Waals surface area contributed by atoms with Gasteiger partial charge in [-0.25, -0.2) is 0 Å². The Labute approximate surface area is 122 Å². The fourth-order valence-electron chi connectivity index (χ4n) is 2.51. The Morgan fingerprint density at radius 3 is 2.50 bits per heavy atom. The zero-order valence-electron chi connectivity index (χ0n) is 13.0. The van der Waals surface area contributed by atoms with Crippen molar-refractivity contribution in [3.63, 3.8) is 0 Å². The average molecular weight is 286 g/mol. The van der Waals surface area contributed by atoms with Crippen molar-refractivity contribution in [3.8, 4) is 0 Å². The SMILES string of the molecule is CCC(CCO)NC(=O)C(NC1CCOCC1)C(C)C. The summed E-state index contributed by atoms with van der Waals surface area (Å²) in [7, 11) is 0. The summed E-state index contributed by atoms with van der Waals surface area (Å²) in [4.78, 5) is 12.4. The van der Waals surface area contributed by atoms with Crippen LogP contribution in [0.1, 0.15) is 46.5 Å². The molecule has 0 spiro atoms. The lowest BCUT2D eigenvalue weighted by Crippen LogP contribution is -2.54. The van der Waals surface area contributed by atoms with Gasteiger partial charge < -0.3 is 20.5 Å². The Bertz CT molecular complexity index is 278. The smallest absolute Gasteiger partial charge is 0.237 e. The third-order valence-corrected chi connectivity index (χ3v) is 3.90. The van der Waals surface area contributed by atoms with Crippen molar-refractivity contribution in [2.24, 2.45) is 5.92 Å². The van der Waals surface area contributed by atoms with Crippen molar-refractivity contribution in [1.29, 1.82) is 0 Å². The highest BCUT2D eigenvalue weighted by Gasteiger charge is 2.27. The molecule has 0 aromatic carbocycles. The van der Waals surface area contributed by atoms with E-state index in [1.807, 2.05) is 6.92 Å². The number of aliphatic hydroxyl groups excluding tert-OH is 1. The summed E-state index contributed by atoms with van der Waals surface area (Å²) >= 11 is 0. The largest absolute Gasteiger partial charge is 0.396 e. The monoisotopic (exact) mass is 286 g/mol. The number of hydrogen-bond donors (Lipinski definition) is 3. The van der Waals surface area contributed by atoms with Crippen LogP contribution in [0, 0.1) is 5.92 Å². The Kier molecular flexibility index (Phi) is 8.11. The van der Waals surface area contributed by atoms with E-state index in [1.165, 1.54) is 0 Å². The second-order valence-electron chi connectivity index (χ2n) is 5.90. The molecule has 0 aromatic rings. The molecule has 1 fully saturated rings. The van der Waals surface area contributed by atoms with E-state index in [9.17, 15) is 4.79 Å². The highest BCUT2D eigenvalue weighted by atomic mass is 16.5. The minimum Gasteiger partial charge on any atom is -0.396 e. The second kappa shape index (κ2) is 9.32. The van der Waals surface area contributed by atoms with E-state index in [0.29, 0.717) is 12.5 Å². The van der Waals surface area contributed by atoms with Gasteiger partial charge in [-0.15, -0.1) is 0 Å². The summed E-state index contributed by atoms with van der Waals surface area (Å²) in [5, 5.41) is 15.5. The first-order valence-electron chi connectivity index (χ1n) is 7.83. The fraction of sp³-hybridized carbons (Fsp3) is 0.933. The second-order valence-corrected chi connectivity index (χ2v) is 5.90. The lowest BCUT2D eigenvalue weighted by molar-refractivity contribution is -0.125. The molecule has 118 valence electrons. The first kappa shape index (κ1) is 17.4. The minimum absolute atomic E-state index is 0.0480. The third-order valence-electron chi connectivity index (χ3n) is 3.90. The predicted octanol–water partition coefficient (Wildman–Crippen LogP) is 1.06. The van der Waals surface area contributed by atoms with Gasteiger partial charge in [0.15, 0.2) is 0 Å². The molecule has 5 heteroatoms. The highest BCUT2D eigenvalue weighted by molar-refractivity contribution is 5.82. The van der Waals surface area contributed by atoms with E-state index in [-0.39, 0.29) is 30.5 Å². The predicted molar refractivity (Wildman–Crippen MR) is 79.5 cm³/mol. The van der Waals surface area contributed by atoms with Gasteiger partial charge in [-0.1, -0.05) is 20.8 Å². The summed E-state index contributed by atoms with van der Waals surface area (Å²) < 4.78 is 5.35. The molecule has 1 aliphatic heterocycles. The van der Waals surface area contributed by atoms with Gasteiger partial charge in [-0.3, -0.25) is 4.79 Å². The number of carbonyl (C=O) groups excluding carboxylic acids is 1. The molecule has 1 saturated heterocycles. The summed E-state index contributed by atoms with van der Waals surface area (Å²) in [5.74, 6) is 0.288. The molecule has 0 aromatic heterocycles. The van der Waals surface area contributed by atoms with Crippen LogP contribution in [0.5, 0.6) is 0 Å². The first-order chi connectivity index (χ1) is 9.58. The number of ether oxygens (including phenoxy) is 1. The van der Waals surface area contributed by atoms with Gasteiger partial charge in [-0.2, -0.15) is 0 Å². The van der Waals surface area contributed by atoms with Crippen LogP contribution in [0.3, 0.4) is 0 Å². The van der Waals surface area contributed by atoms with Gasteiger partial charge in [0, 0.05) is 31.9 Å². The Balaban J connectivity index is 2.52. The zero-order valence-corrected chi connectivity index (χ0v) is 13.0. The maximum absolute atomic E-state index is 12.4. The average Bonchev–Trinajstić information content (AvgIpc) is 2.44. The molecule has 5 nitrogen and oxygen atoms in total. The van der Waals surface area contributed by atoms with Gasteiger partial charge in [0.1, 0.15) is 0 Å². The molecule has 2 unspecified atom stereocenters. The molecule has 1 rings (SSSR count). The fourth-order valence-corrected chi connectivity index (χ4v) is 2.51. The summed E-state index contributed by atoms with van der Waals surface area (Å²) in [5.41, 5.74) is 0. The molecular formula is C15H30N2O3. The minimum atomic E-state index is -0.175. The van der Waals surface area contributed by atoms with E-state index in [0.717, 1.165) is 32.5 Å². The normalized spacial score (nSPS) is 19.9. The molecule has 0 radical (unpaired) electrons. The molecular weight excluding hydrogens is 256 g/mol. The van der Waals surface area contributed by atoms with Crippen molar-refractivity contribution in [2.75, 3.05) is 19.8 Å². The summed E-state index contributed by atoms with van der Waals surface area (Å²) in [6.45, 7) is 7.79. The molecule has 0 aliphatic carbocycles. The molecule has 2 atom stereocenters. The summed E-state index contributed by atoms with van der Waals surface area (Å²) in [6.07, 6.45) is 3.38. The zero-order chi connectivity index (χ0) is 15.0. The molecule has 0 bridgehead atoms. The highest BCUT2D eigenvalue weighted by Crippen LogP contribution is 2.11. The van der Waals surface area contributed by atoms with Crippen LogP contribution in [-0.4, -0.2) is 49.0 Å². The lowest BCUT2D eigenvalue weighted by Gasteiger charge is -2.31. The van der Waals surface area contributed by atoms with Crippen LogP contribution in [-0.2, 0) is 9.53 Å². The Morgan fingerprint density at radius 1 is 1.35 bits per heavy atom. The topological polar surface area (TPSA) is 70.6 Å². The molecule has 0 saturated carbocycles. The third kappa shape index (κ3) is 5.77. The van der Waals surface area contributed by atoms with Crippen LogP contribution >= 0.6 is 0 Å². The summed E-state index contributed by atoms with van der Waals surface area (Å²) in [6, 6.07) is 0.246. The van der Waals surface area contributed by atoms with Crippen LogP contribution in [0.15, 0.2) is 0 Å². The first-order valence-corrected chi connectivity index (χ1v) is 7.83. The van der Waals surface area contributed by atoms with Crippen LogP contribution in [0.25, 0.3) is 0 Å². The maximum atomic E-state index is 12.4. The van der Waals surface area contributed by atoms with Crippen molar-refractivity contribution < 1.29 is 14.6 Å². The van der Waals surface area contributed by atoms with E-state index in [4.69, 9.17) is 9.84 Å². The number of nitrogens with one attached hydrogen (secondary N) is 2. The quantitative estimate of drug-likeness (QED) is 0.624. The van der Waals surface area contributed by atoms with Gasteiger partial charge in [-0.05, 0) is 31.6 Å². The number of rotatable bonds is 8. The van der Waals surface area contributed by atoms with Gasteiger partial charge in [0.05, 0.1) is 6.04 Å². The number of aliphatic hydroxyl groups is 1. The van der Waals surface area contributed by atoms with E-state index < -0.39 is 0 Å². The molecule has 3 N–H and O–H groups in total. The van der Waals surface area contributed by atoms with Crippen LogP contribution in [0.4, 0.5) is 0 Å². The van der Waals surface area contributed by atoms with Crippen molar-refractivity contribution in [1.82, 2.24) is 10.6 Å². The van der Waals surface area contributed by atoms with Crippen molar-refractivity contribution in [2.45, 2.75) is 64.6 Å².